The lowest BCUT2D eigenvalue weighted by Gasteiger charge is -2.20. The predicted molar refractivity (Wildman–Crippen MR) is 69.8 cm³/mol. The summed E-state index contributed by atoms with van der Waals surface area (Å²) in [6.45, 7) is 1.83. The van der Waals surface area contributed by atoms with Crippen molar-refractivity contribution < 1.29 is 14.7 Å². The van der Waals surface area contributed by atoms with E-state index in [4.69, 9.17) is 10.8 Å². The number of hydrogen-bond donors (Lipinski definition) is 2. The Balaban J connectivity index is 2.51. The fraction of sp³-hybridized carbons (Fsp3) is 0.167. The van der Waals surface area contributed by atoms with Gasteiger partial charge in [0.05, 0.1) is 17.7 Å². The highest BCUT2D eigenvalue weighted by Gasteiger charge is 2.33. The number of halogens is 1. The van der Waals surface area contributed by atoms with Crippen LogP contribution in [0.5, 0.6) is 0 Å². The van der Waals surface area contributed by atoms with Crippen molar-refractivity contribution in [1.82, 2.24) is 0 Å². The molecule has 1 heterocycles. The summed E-state index contributed by atoms with van der Waals surface area (Å²) in [5.41, 5.74) is 7.14. The van der Waals surface area contributed by atoms with E-state index in [-0.39, 0.29) is 23.7 Å². The number of hydrogen-bond acceptors (Lipinski definition) is 3. The standard InChI is InChI=1S/C12H11BrN2O3/c1-6-4-7(13)2-3-9(6)15-10(16)5-8(11(15)14)12(17)18/h2-4H,5,14H2,1H3,(H,17,18). The number of carboxylic acids is 1. The molecule has 0 aromatic heterocycles. The Labute approximate surface area is 112 Å². The summed E-state index contributed by atoms with van der Waals surface area (Å²) in [6.07, 6.45) is -0.170. The van der Waals surface area contributed by atoms with Gasteiger partial charge in [0.25, 0.3) is 0 Å². The highest BCUT2D eigenvalue weighted by Crippen LogP contribution is 2.31. The Morgan fingerprint density at radius 2 is 2.17 bits per heavy atom. The maximum Gasteiger partial charge on any atom is 0.335 e. The number of rotatable bonds is 2. The van der Waals surface area contributed by atoms with Crippen LogP contribution in [0.25, 0.3) is 0 Å². The van der Waals surface area contributed by atoms with Crippen molar-refractivity contribution in [3.63, 3.8) is 0 Å². The van der Waals surface area contributed by atoms with Crippen LogP contribution in [0, 0.1) is 6.92 Å². The summed E-state index contributed by atoms with van der Waals surface area (Å²) < 4.78 is 0.886. The van der Waals surface area contributed by atoms with E-state index in [0.717, 1.165) is 10.0 Å². The summed E-state index contributed by atoms with van der Waals surface area (Å²) in [4.78, 5) is 24.1. The topological polar surface area (TPSA) is 83.6 Å². The number of carbonyl (C=O) groups is 2. The Kier molecular flexibility index (Phi) is 3.13. The van der Waals surface area contributed by atoms with Crippen LogP contribution < -0.4 is 10.6 Å². The van der Waals surface area contributed by atoms with Crippen LogP contribution >= 0.6 is 15.9 Å². The van der Waals surface area contributed by atoms with Crippen LogP contribution in [0.3, 0.4) is 0 Å². The minimum atomic E-state index is -1.15. The van der Waals surface area contributed by atoms with Gasteiger partial charge in [0, 0.05) is 4.47 Å². The third-order valence-electron chi connectivity index (χ3n) is 2.79. The molecule has 0 atom stereocenters. The van der Waals surface area contributed by atoms with E-state index in [1.807, 2.05) is 13.0 Å². The van der Waals surface area contributed by atoms with Crippen LogP contribution in [0.2, 0.25) is 0 Å². The maximum atomic E-state index is 11.9. The third kappa shape index (κ3) is 1.99. The lowest BCUT2D eigenvalue weighted by molar-refractivity contribution is -0.133. The molecule has 0 spiro atoms. The second-order valence-electron chi connectivity index (χ2n) is 4.01. The van der Waals surface area contributed by atoms with Crippen molar-refractivity contribution in [2.45, 2.75) is 13.3 Å². The summed E-state index contributed by atoms with van der Waals surface area (Å²) in [6, 6.07) is 5.35. The van der Waals surface area contributed by atoms with Crippen molar-refractivity contribution in [1.29, 1.82) is 0 Å². The molecule has 1 aliphatic rings. The Morgan fingerprint density at radius 3 is 2.67 bits per heavy atom. The second-order valence-corrected chi connectivity index (χ2v) is 4.92. The lowest BCUT2D eigenvalue weighted by Crippen LogP contribution is -2.29. The van der Waals surface area contributed by atoms with Gasteiger partial charge in [-0.2, -0.15) is 0 Å². The van der Waals surface area contributed by atoms with Gasteiger partial charge in [-0.15, -0.1) is 0 Å². The number of nitrogens with two attached hydrogens (primary N) is 1. The average Bonchev–Trinajstić information content (AvgIpc) is 2.56. The number of carbonyl (C=O) groups excluding carboxylic acids is 1. The Morgan fingerprint density at radius 1 is 1.50 bits per heavy atom. The van der Waals surface area contributed by atoms with E-state index in [1.54, 1.807) is 12.1 Å². The third-order valence-corrected chi connectivity index (χ3v) is 3.28. The van der Waals surface area contributed by atoms with Crippen molar-refractivity contribution in [2.24, 2.45) is 5.73 Å². The molecule has 0 bridgehead atoms. The van der Waals surface area contributed by atoms with Crippen molar-refractivity contribution in [2.75, 3.05) is 4.90 Å². The summed E-state index contributed by atoms with van der Waals surface area (Å²) in [5, 5.41) is 8.96. The molecule has 0 saturated heterocycles. The van der Waals surface area contributed by atoms with Gasteiger partial charge in [-0.1, -0.05) is 15.9 Å². The highest BCUT2D eigenvalue weighted by atomic mass is 79.9. The normalized spacial score (nSPS) is 15.4. The zero-order valence-electron chi connectivity index (χ0n) is 9.61. The summed E-state index contributed by atoms with van der Waals surface area (Å²) in [5.74, 6) is -1.48. The number of benzene rings is 1. The monoisotopic (exact) mass is 310 g/mol. The molecule has 0 fully saturated rings. The number of carboxylic acid groups (broad SMARTS) is 1. The molecular formula is C12H11BrN2O3. The molecule has 94 valence electrons. The SMILES string of the molecule is Cc1cc(Br)ccc1N1C(=O)CC(C(=O)O)=C1N. The molecule has 0 unspecified atom stereocenters. The molecule has 1 amide bonds. The fourth-order valence-electron chi connectivity index (χ4n) is 1.91. The van der Waals surface area contributed by atoms with E-state index in [2.05, 4.69) is 15.9 Å². The van der Waals surface area contributed by atoms with Gasteiger partial charge in [-0.3, -0.25) is 9.69 Å². The van der Waals surface area contributed by atoms with Gasteiger partial charge in [-0.05, 0) is 30.7 Å². The van der Waals surface area contributed by atoms with Gasteiger partial charge < -0.3 is 10.8 Å². The van der Waals surface area contributed by atoms with Crippen molar-refractivity contribution >= 4 is 33.5 Å². The van der Waals surface area contributed by atoms with Crippen molar-refractivity contribution in [3.05, 3.63) is 39.6 Å². The molecule has 1 aromatic rings. The number of amides is 1. The zero-order chi connectivity index (χ0) is 13.4. The van der Waals surface area contributed by atoms with Gasteiger partial charge >= 0.3 is 5.97 Å². The molecule has 1 aromatic carbocycles. The van der Waals surface area contributed by atoms with E-state index in [1.165, 1.54) is 4.90 Å². The molecule has 6 heteroatoms. The molecule has 0 saturated carbocycles. The van der Waals surface area contributed by atoms with Crippen LogP contribution in [0.15, 0.2) is 34.1 Å². The van der Waals surface area contributed by atoms with Gasteiger partial charge in [-0.25, -0.2) is 4.79 Å². The summed E-state index contributed by atoms with van der Waals surface area (Å²) >= 11 is 3.33. The van der Waals surface area contributed by atoms with Gasteiger partial charge in [0.2, 0.25) is 5.91 Å². The average molecular weight is 311 g/mol. The van der Waals surface area contributed by atoms with Crippen LogP contribution in [0.1, 0.15) is 12.0 Å². The molecule has 2 rings (SSSR count). The van der Waals surface area contributed by atoms with E-state index in [0.29, 0.717) is 5.69 Å². The maximum absolute atomic E-state index is 11.9. The molecule has 0 radical (unpaired) electrons. The fourth-order valence-corrected chi connectivity index (χ4v) is 2.38. The molecule has 18 heavy (non-hydrogen) atoms. The first-order valence-corrected chi connectivity index (χ1v) is 6.02. The number of aryl methyl sites for hydroxylation is 1. The second kappa shape index (κ2) is 4.45. The van der Waals surface area contributed by atoms with Crippen LogP contribution in [-0.2, 0) is 9.59 Å². The Bertz CT molecular complexity index is 581. The molecule has 1 aliphatic heterocycles. The molecule has 0 aliphatic carbocycles. The zero-order valence-corrected chi connectivity index (χ0v) is 11.2. The Hall–Kier alpha value is -1.82. The largest absolute Gasteiger partial charge is 0.478 e. The number of anilines is 1. The molecule has 5 nitrogen and oxygen atoms in total. The molecular weight excluding hydrogens is 300 g/mol. The van der Waals surface area contributed by atoms with Gasteiger partial charge in [0.15, 0.2) is 0 Å². The molecule has 3 N–H and O–H groups in total. The smallest absolute Gasteiger partial charge is 0.335 e. The first-order chi connectivity index (χ1) is 8.41. The van der Waals surface area contributed by atoms with E-state index >= 15 is 0 Å². The number of nitrogens with zero attached hydrogens (tertiary/aromatic N) is 1. The first-order valence-electron chi connectivity index (χ1n) is 5.23. The van der Waals surface area contributed by atoms with E-state index in [9.17, 15) is 9.59 Å². The summed E-state index contributed by atoms with van der Waals surface area (Å²) in [7, 11) is 0. The van der Waals surface area contributed by atoms with Gasteiger partial charge in [0.1, 0.15) is 5.82 Å². The van der Waals surface area contributed by atoms with Crippen molar-refractivity contribution in [3.8, 4) is 0 Å². The van der Waals surface area contributed by atoms with E-state index < -0.39 is 5.97 Å². The lowest BCUT2D eigenvalue weighted by atomic mass is 10.2. The van der Waals surface area contributed by atoms with Crippen LogP contribution in [-0.4, -0.2) is 17.0 Å². The minimum Gasteiger partial charge on any atom is -0.478 e. The number of aliphatic carboxylic acids is 1. The minimum absolute atomic E-state index is 0.00192. The first kappa shape index (κ1) is 12.6. The quantitative estimate of drug-likeness (QED) is 0.871. The van der Waals surface area contributed by atoms with Crippen LogP contribution in [0.4, 0.5) is 5.69 Å². The highest BCUT2D eigenvalue weighted by molar-refractivity contribution is 9.10. The predicted octanol–water partition coefficient (Wildman–Crippen LogP) is 1.75.